The summed E-state index contributed by atoms with van der Waals surface area (Å²) < 4.78 is 102. The number of hydrogen-bond acceptors (Lipinski definition) is 6. The molecule has 0 aliphatic heterocycles. The molecule has 0 aliphatic carbocycles. The fourth-order valence-electron chi connectivity index (χ4n) is 0.979. The van der Waals surface area contributed by atoms with Crippen molar-refractivity contribution in [3.63, 3.8) is 0 Å². The smallest absolute Gasteiger partial charge is 0.300 e. The molecule has 6 nitrogen and oxygen atoms in total. The Hall–Kier alpha value is -1.99. The molecule has 0 amide bonds. The maximum atomic E-state index is 11.3. The van der Waals surface area contributed by atoms with Gasteiger partial charge in [0.2, 0.25) is 17.3 Å². The molecular weight excluding hydrogens is 548 g/mol. The molecule has 0 aliphatic rings. The largest absolute Gasteiger partial charge is 0.450 e. The van der Waals surface area contributed by atoms with Crippen LogP contribution in [0.25, 0.3) is 0 Å². The summed E-state index contributed by atoms with van der Waals surface area (Å²) in [5.74, 6) is -8.29. The summed E-state index contributed by atoms with van der Waals surface area (Å²) in [6.45, 7) is 2.80. The van der Waals surface area contributed by atoms with Crippen molar-refractivity contribution in [2.24, 2.45) is 0 Å². The van der Waals surface area contributed by atoms with Gasteiger partial charge in [-0.2, -0.15) is 39.5 Å². The van der Waals surface area contributed by atoms with Crippen molar-refractivity contribution in [3.05, 3.63) is 0 Å². The fraction of sp³-hybridized carbons (Fsp3) is 0.600. The first-order valence-electron chi connectivity index (χ1n) is 7.30. The van der Waals surface area contributed by atoms with Crippen LogP contribution in [-0.4, -0.2) is 53.2 Å². The third-order valence-corrected chi connectivity index (χ3v) is 2.18. The molecule has 0 aromatic heterocycles. The number of ketones is 6. The second-order valence-electron chi connectivity index (χ2n) is 5.40. The number of carbonyl (C=O) groups excluding carboxylic acids is 6. The Morgan fingerprint density at radius 1 is 0.452 bits per heavy atom. The van der Waals surface area contributed by atoms with Gasteiger partial charge in [-0.3, -0.25) is 28.8 Å². The van der Waals surface area contributed by atoms with Crippen LogP contribution in [0.2, 0.25) is 0 Å². The van der Waals surface area contributed by atoms with E-state index in [1.54, 1.807) is 0 Å². The summed E-state index contributed by atoms with van der Waals surface area (Å²) in [6.07, 6.45) is -17.8. The molecular formula is C15H15F9O6Ru. The summed E-state index contributed by atoms with van der Waals surface area (Å²) in [6, 6.07) is 0. The van der Waals surface area contributed by atoms with Crippen molar-refractivity contribution >= 4 is 34.7 Å². The van der Waals surface area contributed by atoms with E-state index in [0.717, 1.165) is 20.8 Å². The molecule has 0 saturated heterocycles. The Morgan fingerprint density at radius 2 is 0.581 bits per heavy atom. The zero-order valence-corrected chi connectivity index (χ0v) is 17.6. The van der Waals surface area contributed by atoms with Crippen LogP contribution in [0.4, 0.5) is 39.5 Å². The minimum atomic E-state index is -4.87. The standard InChI is InChI=1S/3C5H5F3O2.Ru/c3*1-3(9)2-4(10)5(6,7)8;/h3*2H2,1H3;. The van der Waals surface area contributed by atoms with Crippen LogP contribution in [0.15, 0.2) is 0 Å². The van der Waals surface area contributed by atoms with Gasteiger partial charge in [-0.05, 0) is 20.8 Å². The van der Waals surface area contributed by atoms with Gasteiger partial charge in [-0.25, -0.2) is 0 Å². The van der Waals surface area contributed by atoms with Crippen LogP contribution in [0.5, 0.6) is 0 Å². The van der Waals surface area contributed by atoms with Crippen molar-refractivity contribution in [2.75, 3.05) is 0 Å². The van der Waals surface area contributed by atoms with E-state index >= 15 is 0 Å². The van der Waals surface area contributed by atoms with Crippen molar-refractivity contribution in [1.29, 1.82) is 0 Å². The van der Waals surface area contributed by atoms with Crippen LogP contribution < -0.4 is 0 Å². The van der Waals surface area contributed by atoms with Crippen LogP contribution in [0.3, 0.4) is 0 Å². The molecule has 0 aromatic carbocycles. The Labute approximate surface area is 181 Å². The normalized spacial score (nSPS) is 10.8. The van der Waals surface area contributed by atoms with Gasteiger partial charge in [0.05, 0.1) is 19.3 Å². The molecule has 0 fully saturated rings. The van der Waals surface area contributed by atoms with E-state index < -0.39 is 72.5 Å². The number of halogens is 9. The molecule has 0 unspecified atom stereocenters. The Morgan fingerprint density at radius 3 is 0.613 bits per heavy atom. The van der Waals surface area contributed by atoms with Gasteiger partial charge < -0.3 is 0 Å². The summed E-state index contributed by atoms with van der Waals surface area (Å²) in [4.78, 5) is 59.7. The van der Waals surface area contributed by atoms with Crippen molar-refractivity contribution in [3.8, 4) is 0 Å². The molecule has 31 heavy (non-hydrogen) atoms. The molecule has 0 rings (SSSR count). The van der Waals surface area contributed by atoms with Gasteiger partial charge in [0.15, 0.2) is 0 Å². The number of rotatable bonds is 6. The third kappa shape index (κ3) is 24.2. The van der Waals surface area contributed by atoms with E-state index in [0.29, 0.717) is 0 Å². The SMILES string of the molecule is CC(=O)CC(=O)C(F)(F)F.CC(=O)CC(=O)C(F)(F)F.CC(=O)CC(=O)C(F)(F)F.[Ru]. The van der Waals surface area contributed by atoms with Gasteiger partial charge in [-0.1, -0.05) is 0 Å². The van der Waals surface area contributed by atoms with Crippen molar-refractivity contribution in [1.82, 2.24) is 0 Å². The maximum absolute atomic E-state index is 11.3. The number of alkyl halides is 9. The number of hydrogen-bond donors (Lipinski definition) is 0. The van der Waals surface area contributed by atoms with Gasteiger partial charge in [0, 0.05) is 19.5 Å². The summed E-state index contributed by atoms with van der Waals surface area (Å²) in [5.41, 5.74) is 0. The Bertz CT molecular complexity index is 573. The number of carbonyl (C=O) groups is 6. The first-order chi connectivity index (χ1) is 13.0. The maximum Gasteiger partial charge on any atom is 0.450 e. The number of Topliss-reactive ketones (excluding diaryl/α,β-unsaturated/α-hetero) is 6. The van der Waals surface area contributed by atoms with Gasteiger partial charge >= 0.3 is 18.5 Å². The molecule has 0 aromatic rings. The fourth-order valence-corrected chi connectivity index (χ4v) is 0.979. The predicted molar refractivity (Wildman–Crippen MR) is 79.1 cm³/mol. The molecule has 0 spiro atoms. The second-order valence-corrected chi connectivity index (χ2v) is 5.40. The van der Waals surface area contributed by atoms with Crippen LogP contribution >= 0.6 is 0 Å². The quantitative estimate of drug-likeness (QED) is 0.279. The molecule has 0 N–H and O–H groups in total. The predicted octanol–water partition coefficient (Wildman–Crippen LogP) is 3.29. The van der Waals surface area contributed by atoms with E-state index in [9.17, 15) is 68.3 Å². The van der Waals surface area contributed by atoms with E-state index in [1.807, 2.05) is 0 Å². The van der Waals surface area contributed by atoms with Crippen LogP contribution in [0, 0.1) is 0 Å². The average Bonchev–Trinajstić information content (AvgIpc) is 2.43. The molecule has 0 saturated carbocycles. The second kappa shape index (κ2) is 14.9. The molecule has 0 heterocycles. The van der Waals surface area contributed by atoms with Gasteiger partial charge in [0.1, 0.15) is 17.3 Å². The minimum absolute atomic E-state index is 0. The molecule has 16 heteroatoms. The molecule has 0 radical (unpaired) electrons. The summed E-state index contributed by atoms with van der Waals surface area (Å²) >= 11 is 0. The zero-order valence-electron chi connectivity index (χ0n) is 15.8. The van der Waals surface area contributed by atoms with Gasteiger partial charge in [0.25, 0.3) is 0 Å². The van der Waals surface area contributed by atoms with Gasteiger partial charge in [-0.15, -0.1) is 0 Å². The zero-order chi connectivity index (χ0) is 25.1. The third-order valence-electron chi connectivity index (χ3n) is 2.18. The Kier molecular flexibility index (Phi) is 17.5. The van der Waals surface area contributed by atoms with E-state index in [2.05, 4.69) is 0 Å². The molecule has 182 valence electrons. The molecule has 0 bridgehead atoms. The average molecular weight is 563 g/mol. The first-order valence-corrected chi connectivity index (χ1v) is 7.30. The van der Waals surface area contributed by atoms with Crippen molar-refractivity contribution in [2.45, 2.75) is 58.6 Å². The summed E-state index contributed by atoms with van der Waals surface area (Å²) in [5, 5.41) is 0. The van der Waals surface area contributed by atoms with E-state index in [1.165, 1.54) is 0 Å². The van der Waals surface area contributed by atoms with E-state index in [-0.39, 0.29) is 19.5 Å². The van der Waals surface area contributed by atoms with Crippen LogP contribution in [0.1, 0.15) is 40.0 Å². The van der Waals surface area contributed by atoms with Crippen molar-refractivity contribution < 1.29 is 87.8 Å². The Balaban J connectivity index is -0.000000174. The van der Waals surface area contributed by atoms with E-state index in [4.69, 9.17) is 0 Å². The summed E-state index contributed by atoms with van der Waals surface area (Å²) in [7, 11) is 0. The monoisotopic (exact) mass is 564 g/mol. The van der Waals surface area contributed by atoms with Crippen LogP contribution in [-0.2, 0) is 48.2 Å². The minimum Gasteiger partial charge on any atom is -0.300 e. The topological polar surface area (TPSA) is 102 Å². The first kappa shape index (κ1) is 36.4. The molecule has 0 atom stereocenters.